The summed E-state index contributed by atoms with van der Waals surface area (Å²) in [5.74, 6) is -0.241. The van der Waals surface area contributed by atoms with Gasteiger partial charge in [-0.1, -0.05) is 24.3 Å². The summed E-state index contributed by atoms with van der Waals surface area (Å²) in [6, 6.07) is 14.2. The minimum Gasteiger partial charge on any atom is -0.456 e. The molecule has 96 valence electrons. The molecule has 0 unspecified atom stereocenters. The highest BCUT2D eigenvalue weighted by atomic mass is 16.3. The molecule has 2 aromatic carbocycles. The first-order valence-electron chi connectivity index (χ1n) is 6.42. The molecular formula is C16H15NO2. The monoisotopic (exact) mass is 253 g/mol. The number of para-hydroxylation sites is 1. The Labute approximate surface area is 111 Å². The van der Waals surface area contributed by atoms with Crippen LogP contribution in [0.1, 0.15) is 18.4 Å². The van der Waals surface area contributed by atoms with E-state index in [0.29, 0.717) is 6.42 Å². The highest BCUT2D eigenvalue weighted by Crippen LogP contribution is 2.29. The molecule has 19 heavy (non-hydrogen) atoms. The summed E-state index contributed by atoms with van der Waals surface area (Å²) in [4.78, 5) is 10.7. The Morgan fingerprint density at radius 3 is 2.68 bits per heavy atom. The van der Waals surface area contributed by atoms with E-state index >= 15 is 0 Å². The minimum absolute atomic E-state index is 0.241. The van der Waals surface area contributed by atoms with Gasteiger partial charge >= 0.3 is 0 Å². The Kier molecular flexibility index (Phi) is 2.95. The van der Waals surface area contributed by atoms with Crippen molar-refractivity contribution in [1.82, 2.24) is 0 Å². The highest BCUT2D eigenvalue weighted by Gasteiger charge is 2.06. The van der Waals surface area contributed by atoms with Crippen LogP contribution in [0.5, 0.6) is 0 Å². The van der Waals surface area contributed by atoms with E-state index in [-0.39, 0.29) is 5.91 Å². The van der Waals surface area contributed by atoms with Crippen LogP contribution >= 0.6 is 0 Å². The van der Waals surface area contributed by atoms with Crippen molar-refractivity contribution in [2.75, 3.05) is 0 Å². The van der Waals surface area contributed by atoms with E-state index in [1.807, 2.05) is 30.3 Å². The second-order valence-corrected chi connectivity index (χ2v) is 4.75. The topological polar surface area (TPSA) is 56.2 Å². The summed E-state index contributed by atoms with van der Waals surface area (Å²) in [5, 5.41) is 2.27. The van der Waals surface area contributed by atoms with Gasteiger partial charge in [0.1, 0.15) is 11.2 Å². The van der Waals surface area contributed by atoms with Crippen molar-refractivity contribution in [3.63, 3.8) is 0 Å². The second kappa shape index (κ2) is 4.76. The predicted molar refractivity (Wildman–Crippen MR) is 75.9 cm³/mol. The van der Waals surface area contributed by atoms with Gasteiger partial charge in [-0.3, -0.25) is 4.79 Å². The number of carbonyl (C=O) groups excluding carboxylic acids is 1. The van der Waals surface area contributed by atoms with Crippen LogP contribution in [0.3, 0.4) is 0 Å². The van der Waals surface area contributed by atoms with Crippen LogP contribution in [0, 0.1) is 0 Å². The van der Waals surface area contributed by atoms with Gasteiger partial charge in [-0.25, -0.2) is 0 Å². The highest BCUT2D eigenvalue weighted by molar-refractivity contribution is 6.04. The number of fused-ring (bicyclic) bond motifs is 3. The third kappa shape index (κ3) is 2.32. The molecule has 3 nitrogen and oxygen atoms in total. The molecule has 1 aromatic heterocycles. The van der Waals surface area contributed by atoms with E-state index in [1.54, 1.807) is 0 Å². The average molecular weight is 253 g/mol. The molecule has 0 spiro atoms. The molecular weight excluding hydrogens is 238 g/mol. The second-order valence-electron chi connectivity index (χ2n) is 4.75. The van der Waals surface area contributed by atoms with Crippen molar-refractivity contribution in [2.24, 2.45) is 5.73 Å². The fourth-order valence-corrected chi connectivity index (χ4v) is 2.40. The van der Waals surface area contributed by atoms with Crippen LogP contribution in [0.25, 0.3) is 21.9 Å². The first-order valence-corrected chi connectivity index (χ1v) is 6.42. The number of carbonyl (C=O) groups is 1. The Hall–Kier alpha value is -2.29. The molecule has 3 rings (SSSR count). The summed E-state index contributed by atoms with van der Waals surface area (Å²) < 4.78 is 5.78. The number of nitrogens with two attached hydrogens (primary N) is 1. The molecule has 0 fully saturated rings. The van der Waals surface area contributed by atoms with Crippen LogP contribution in [-0.2, 0) is 11.2 Å². The summed E-state index contributed by atoms with van der Waals surface area (Å²) in [6.45, 7) is 0. The molecule has 1 amide bonds. The largest absolute Gasteiger partial charge is 0.456 e. The van der Waals surface area contributed by atoms with Crippen LogP contribution in [0.2, 0.25) is 0 Å². The van der Waals surface area contributed by atoms with E-state index in [4.69, 9.17) is 10.2 Å². The van der Waals surface area contributed by atoms with E-state index in [1.165, 1.54) is 5.56 Å². The molecule has 0 aliphatic rings. The van der Waals surface area contributed by atoms with E-state index in [0.717, 1.165) is 34.8 Å². The fraction of sp³-hybridized carbons (Fsp3) is 0.188. The number of benzene rings is 2. The number of primary amides is 1. The quantitative estimate of drug-likeness (QED) is 0.774. The van der Waals surface area contributed by atoms with E-state index in [2.05, 4.69) is 12.1 Å². The van der Waals surface area contributed by atoms with Crippen LogP contribution in [0.4, 0.5) is 0 Å². The normalized spacial score (nSPS) is 11.2. The number of hydrogen-bond acceptors (Lipinski definition) is 2. The molecule has 0 bridgehead atoms. The number of amides is 1. The Morgan fingerprint density at radius 1 is 1.05 bits per heavy atom. The van der Waals surface area contributed by atoms with E-state index in [9.17, 15) is 4.79 Å². The molecule has 0 atom stereocenters. The lowest BCUT2D eigenvalue weighted by molar-refractivity contribution is -0.118. The number of aryl methyl sites for hydroxylation is 1. The summed E-state index contributed by atoms with van der Waals surface area (Å²) >= 11 is 0. The lowest BCUT2D eigenvalue weighted by Crippen LogP contribution is -2.10. The molecule has 0 saturated heterocycles. The number of furan rings is 1. The van der Waals surface area contributed by atoms with Gasteiger partial charge in [0.25, 0.3) is 0 Å². The standard InChI is InChI=1S/C16H15NO2/c17-16(18)7-3-4-11-8-9-15-13(10-11)12-5-1-2-6-14(12)19-15/h1-2,5-6,8-10H,3-4,7H2,(H2,17,18). The summed E-state index contributed by atoms with van der Waals surface area (Å²) in [5.41, 5.74) is 8.17. The third-order valence-corrected chi connectivity index (χ3v) is 3.33. The first-order chi connectivity index (χ1) is 9.24. The summed E-state index contributed by atoms with van der Waals surface area (Å²) in [7, 11) is 0. The molecule has 0 aliphatic carbocycles. The van der Waals surface area contributed by atoms with Crippen molar-refractivity contribution >= 4 is 27.8 Å². The Balaban J connectivity index is 1.95. The molecule has 0 aliphatic heterocycles. The third-order valence-electron chi connectivity index (χ3n) is 3.33. The zero-order valence-corrected chi connectivity index (χ0v) is 10.6. The number of rotatable bonds is 4. The van der Waals surface area contributed by atoms with Crippen molar-refractivity contribution in [3.05, 3.63) is 48.0 Å². The maximum absolute atomic E-state index is 10.7. The Morgan fingerprint density at radius 2 is 1.84 bits per heavy atom. The van der Waals surface area contributed by atoms with E-state index < -0.39 is 0 Å². The van der Waals surface area contributed by atoms with Gasteiger partial charge in [0.15, 0.2) is 0 Å². The van der Waals surface area contributed by atoms with Gasteiger partial charge in [-0.05, 0) is 36.6 Å². The van der Waals surface area contributed by atoms with Gasteiger partial charge in [-0.15, -0.1) is 0 Å². The van der Waals surface area contributed by atoms with Gasteiger partial charge in [0.2, 0.25) is 5.91 Å². The SMILES string of the molecule is NC(=O)CCCc1ccc2oc3ccccc3c2c1. The molecule has 2 N–H and O–H groups in total. The minimum atomic E-state index is -0.241. The zero-order chi connectivity index (χ0) is 13.2. The number of hydrogen-bond donors (Lipinski definition) is 1. The molecule has 3 heteroatoms. The lowest BCUT2D eigenvalue weighted by Gasteiger charge is -2.00. The maximum Gasteiger partial charge on any atom is 0.217 e. The van der Waals surface area contributed by atoms with Crippen molar-refractivity contribution in [2.45, 2.75) is 19.3 Å². The van der Waals surface area contributed by atoms with Gasteiger partial charge < -0.3 is 10.2 Å². The van der Waals surface area contributed by atoms with Crippen molar-refractivity contribution in [3.8, 4) is 0 Å². The van der Waals surface area contributed by atoms with Crippen LogP contribution in [0.15, 0.2) is 46.9 Å². The zero-order valence-electron chi connectivity index (χ0n) is 10.6. The smallest absolute Gasteiger partial charge is 0.217 e. The van der Waals surface area contributed by atoms with Crippen LogP contribution in [-0.4, -0.2) is 5.91 Å². The van der Waals surface area contributed by atoms with Gasteiger partial charge in [-0.2, -0.15) is 0 Å². The van der Waals surface area contributed by atoms with Gasteiger partial charge in [0, 0.05) is 17.2 Å². The van der Waals surface area contributed by atoms with Crippen molar-refractivity contribution in [1.29, 1.82) is 0 Å². The average Bonchev–Trinajstić information content (AvgIpc) is 2.76. The van der Waals surface area contributed by atoms with Gasteiger partial charge in [0.05, 0.1) is 0 Å². The maximum atomic E-state index is 10.7. The Bertz CT molecular complexity index is 743. The molecule has 0 saturated carbocycles. The first kappa shape index (κ1) is 11.8. The van der Waals surface area contributed by atoms with Crippen molar-refractivity contribution < 1.29 is 9.21 Å². The van der Waals surface area contributed by atoms with Crippen LogP contribution < -0.4 is 5.73 Å². The summed E-state index contributed by atoms with van der Waals surface area (Å²) in [6.07, 6.45) is 2.08. The fourth-order valence-electron chi connectivity index (χ4n) is 2.40. The molecule has 1 heterocycles. The predicted octanol–water partition coefficient (Wildman–Crippen LogP) is 3.39. The molecule has 0 radical (unpaired) electrons. The lowest BCUT2D eigenvalue weighted by atomic mass is 10.0. The molecule has 3 aromatic rings.